The minimum Gasteiger partial charge on any atom is -0.493 e. The zero-order valence-electron chi connectivity index (χ0n) is 16.8. The van der Waals surface area contributed by atoms with E-state index >= 15 is 0 Å². The standard InChI is InChI=1S/C20H24N2O7S/c1-13(23)21-12-14-4-7-16(8-5-14)30(26,27)22-17(11-20(24)25)15-6-9-18(28-2)19(10-15)29-3/h4-10,17,22H,11-12H2,1-3H3,(H,21,23)(H,24,25)/t17-/m0/s1. The number of methoxy groups -OCH3 is 2. The molecule has 2 aromatic rings. The van der Waals surface area contributed by atoms with E-state index in [1.807, 2.05) is 0 Å². The molecule has 0 saturated heterocycles. The van der Waals surface area contributed by atoms with Gasteiger partial charge in [-0.1, -0.05) is 18.2 Å². The number of carbonyl (C=O) groups excluding carboxylic acids is 1. The molecule has 30 heavy (non-hydrogen) atoms. The molecule has 0 radical (unpaired) electrons. The van der Waals surface area contributed by atoms with Crippen LogP contribution < -0.4 is 19.5 Å². The molecule has 0 unspecified atom stereocenters. The van der Waals surface area contributed by atoms with Gasteiger partial charge in [0.2, 0.25) is 15.9 Å². The number of sulfonamides is 1. The smallest absolute Gasteiger partial charge is 0.305 e. The van der Waals surface area contributed by atoms with Crippen LogP contribution in [0.25, 0.3) is 0 Å². The highest BCUT2D eigenvalue weighted by Gasteiger charge is 2.24. The number of aliphatic carboxylic acids is 1. The van der Waals surface area contributed by atoms with Gasteiger partial charge in [0.05, 0.1) is 31.6 Å². The summed E-state index contributed by atoms with van der Waals surface area (Å²) in [5.74, 6) is -0.567. The number of rotatable bonds is 10. The molecule has 1 amide bonds. The second-order valence-electron chi connectivity index (χ2n) is 6.44. The SMILES string of the molecule is COc1ccc([C@H](CC(=O)O)NS(=O)(=O)c2ccc(CNC(C)=O)cc2)cc1OC. The maximum absolute atomic E-state index is 12.8. The molecule has 10 heteroatoms. The first-order valence-corrected chi connectivity index (χ1v) is 10.4. The molecular weight excluding hydrogens is 412 g/mol. The van der Waals surface area contributed by atoms with Gasteiger partial charge in [0.25, 0.3) is 0 Å². The monoisotopic (exact) mass is 436 g/mol. The number of nitrogens with one attached hydrogen (secondary N) is 2. The van der Waals surface area contributed by atoms with Gasteiger partial charge in [0.1, 0.15) is 0 Å². The van der Waals surface area contributed by atoms with Crippen LogP contribution in [-0.2, 0) is 26.2 Å². The van der Waals surface area contributed by atoms with Crippen molar-refractivity contribution in [2.45, 2.75) is 30.8 Å². The lowest BCUT2D eigenvalue weighted by atomic mass is 10.0. The highest BCUT2D eigenvalue weighted by molar-refractivity contribution is 7.89. The molecule has 2 rings (SSSR count). The van der Waals surface area contributed by atoms with E-state index in [0.717, 1.165) is 5.56 Å². The predicted molar refractivity (Wildman–Crippen MR) is 109 cm³/mol. The lowest BCUT2D eigenvalue weighted by Gasteiger charge is -2.19. The summed E-state index contributed by atoms with van der Waals surface area (Å²) in [4.78, 5) is 22.3. The van der Waals surface area contributed by atoms with Gasteiger partial charge in [-0.2, -0.15) is 0 Å². The molecule has 0 aliphatic heterocycles. The number of carbonyl (C=O) groups is 2. The normalized spacial score (nSPS) is 12.1. The van der Waals surface area contributed by atoms with Crippen LogP contribution in [0.3, 0.4) is 0 Å². The summed E-state index contributed by atoms with van der Waals surface area (Å²) in [6, 6.07) is 9.61. The van der Waals surface area contributed by atoms with Crippen molar-refractivity contribution in [2.75, 3.05) is 14.2 Å². The van der Waals surface area contributed by atoms with Crippen molar-refractivity contribution < 1.29 is 32.6 Å². The largest absolute Gasteiger partial charge is 0.493 e. The van der Waals surface area contributed by atoms with Crippen molar-refractivity contribution >= 4 is 21.9 Å². The number of ether oxygens (including phenoxy) is 2. The van der Waals surface area contributed by atoms with E-state index in [0.29, 0.717) is 17.1 Å². The van der Waals surface area contributed by atoms with E-state index in [-0.39, 0.29) is 17.3 Å². The zero-order chi connectivity index (χ0) is 22.3. The molecule has 2 aromatic carbocycles. The van der Waals surface area contributed by atoms with E-state index in [2.05, 4.69) is 10.0 Å². The van der Waals surface area contributed by atoms with E-state index in [9.17, 15) is 23.1 Å². The first-order valence-electron chi connectivity index (χ1n) is 8.95. The summed E-state index contributed by atoms with van der Waals surface area (Å²) in [5, 5.41) is 11.9. The molecule has 0 aromatic heterocycles. The average Bonchev–Trinajstić information content (AvgIpc) is 2.71. The molecule has 9 nitrogen and oxygen atoms in total. The van der Waals surface area contributed by atoms with Crippen LogP contribution in [0, 0.1) is 0 Å². The molecule has 162 valence electrons. The molecule has 1 atom stereocenters. The highest BCUT2D eigenvalue weighted by Crippen LogP contribution is 2.31. The third-order valence-electron chi connectivity index (χ3n) is 4.26. The molecule has 0 saturated carbocycles. The Bertz CT molecular complexity index is 1000. The van der Waals surface area contributed by atoms with E-state index in [1.165, 1.54) is 39.3 Å². The van der Waals surface area contributed by atoms with Crippen LogP contribution >= 0.6 is 0 Å². The van der Waals surface area contributed by atoms with Crippen molar-refractivity contribution in [3.63, 3.8) is 0 Å². The number of benzene rings is 2. The third kappa shape index (κ3) is 6.19. The first-order chi connectivity index (χ1) is 14.2. The van der Waals surface area contributed by atoms with Crippen molar-refractivity contribution in [1.29, 1.82) is 0 Å². The molecule has 3 N–H and O–H groups in total. The number of hydrogen-bond donors (Lipinski definition) is 3. The van der Waals surface area contributed by atoms with E-state index < -0.39 is 28.5 Å². The van der Waals surface area contributed by atoms with Gasteiger partial charge in [-0.15, -0.1) is 0 Å². The highest BCUT2D eigenvalue weighted by atomic mass is 32.2. The molecule has 0 heterocycles. The number of hydrogen-bond acceptors (Lipinski definition) is 6. The van der Waals surface area contributed by atoms with Crippen LogP contribution in [0.4, 0.5) is 0 Å². The Morgan fingerprint density at radius 1 is 1.03 bits per heavy atom. The van der Waals surface area contributed by atoms with Gasteiger partial charge >= 0.3 is 5.97 Å². The fourth-order valence-corrected chi connectivity index (χ4v) is 3.96. The van der Waals surface area contributed by atoms with E-state index in [4.69, 9.17) is 9.47 Å². The Morgan fingerprint density at radius 2 is 1.67 bits per heavy atom. The quantitative estimate of drug-likeness (QED) is 0.518. The summed E-state index contributed by atoms with van der Waals surface area (Å²) >= 11 is 0. The summed E-state index contributed by atoms with van der Waals surface area (Å²) in [7, 11) is -1.12. The maximum atomic E-state index is 12.8. The second kappa shape index (κ2) is 10.1. The minimum atomic E-state index is -4.01. The zero-order valence-corrected chi connectivity index (χ0v) is 17.7. The molecule has 0 fully saturated rings. The Kier molecular flexibility index (Phi) is 7.79. The van der Waals surface area contributed by atoms with Crippen molar-refractivity contribution in [3.8, 4) is 11.5 Å². The van der Waals surface area contributed by atoms with Crippen molar-refractivity contribution in [2.24, 2.45) is 0 Å². The number of amides is 1. The molecule has 0 aliphatic rings. The Balaban J connectivity index is 2.29. The van der Waals surface area contributed by atoms with Gasteiger partial charge in [-0.3, -0.25) is 9.59 Å². The fraction of sp³-hybridized carbons (Fsp3) is 0.300. The van der Waals surface area contributed by atoms with Crippen molar-refractivity contribution in [1.82, 2.24) is 10.0 Å². The number of carboxylic acids is 1. The summed E-state index contributed by atoms with van der Waals surface area (Å²) in [6.45, 7) is 1.66. The maximum Gasteiger partial charge on any atom is 0.305 e. The van der Waals surface area contributed by atoms with Crippen LogP contribution in [-0.4, -0.2) is 39.6 Å². The van der Waals surface area contributed by atoms with Gasteiger partial charge in [-0.25, -0.2) is 13.1 Å². The van der Waals surface area contributed by atoms with Crippen LogP contribution in [0.5, 0.6) is 11.5 Å². The second-order valence-corrected chi connectivity index (χ2v) is 8.15. The lowest BCUT2D eigenvalue weighted by molar-refractivity contribution is -0.137. The minimum absolute atomic E-state index is 0.0232. The predicted octanol–water partition coefficient (Wildman–Crippen LogP) is 1.83. The molecule has 0 spiro atoms. The Hall–Kier alpha value is -3.11. The molecule has 0 bridgehead atoms. The van der Waals surface area contributed by atoms with Gasteiger partial charge in [0, 0.05) is 13.5 Å². The van der Waals surface area contributed by atoms with Gasteiger partial charge < -0.3 is 19.9 Å². The summed E-state index contributed by atoms with van der Waals surface area (Å²) in [5.41, 5.74) is 1.15. The first kappa shape index (κ1) is 23.2. The average molecular weight is 436 g/mol. The third-order valence-corrected chi connectivity index (χ3v) is 5.75. The fourth-order valence-electron chi connectivity index (χ4n) is 2.74. The molecular formula is C20H24N2O7S. The lowest BCUT2D eigenvalue weighted by Crippen LogP contribution is -2.30. The van der Waals surface area contributed by atoms with Crippen LogP contribution in [0.15, 0.2) is 47.4 Å². The van der Waals surface area contributed by atoms with Crippen molar-refractivity contribution in [3.05, 3.63) is 53.6 Å². The number of carboxylic acid groups (broad SMARTS) is 1. The van der Waals surface area contributed by atoms with Crippen LogP contribution in [0.2, 0.25) is 0 Å². The van der Waals surface area contributed by atoms with Gasteiger partial charge in [-0.05, 0) is 35.4 Å². The summed E-state index contributed by atoms with van der Waals surface area (Å²) in [6.07, 6.45) is -0.463. The van der Waals surface area contributed by atoms with E-state index in [1.54, 1.807) is 24.3 Å². The topological polar surface area (TPSA) is 131 Å². The van der Waals surface area contributed by atoms with Gasteiger partial charge in [0.15, 0.2) is 11.5 Å². The summed E-state index contributed by atoms with van der Waals surface area (Å²) < 4.78 is 38.5. The molecule has 0 aliphatic carbocycles. The van der Waals surface area contributed by atoms with Crippen LogP contribution in [0.1, 0.15) is 30.5 Å². The Labute approximate surface area is 175 Å². The Morgan fingerprint density at radius 3 is 2.20 bits per heavy atom.